The summed E-state index contributed by atoms with van der Waals surface area (Å²) in [5.74, 6) is 0.872. The lowest BCUT2D eigenvalue weighted by Gasteiger charge is -2.13. The average Bonchev–Trinajstić information content (AvgIpc) is 2.99. The van der Waals surface area contributed by atoms with Gasteiger partial charge in [0.1, 0.15) is 5.01 Å². The Labute approximate surface area is 108 Å². The van der Waals surface area contributed by atoms with Gasteiger partial charge in [-0.05, 0) is 51.7 Å². The molecule has 17 heavy (non-hydrogen) atoms. The van der Waals surface area contributed by atoms with Gasteiger partial charge in [-0.15, -0.1) is 11.3 Å². The van der Waals surface area contributed by atoms with Crippen molar-refractivity contribution in [2.75, 3.05) is 19.6 Å². The Morgan fingerprint density at radius 2 is 2.53 bits per heavy atom. The summed E-state index contributed by atoms with van der Waals surface area (Å²) in [5, 5.41) is 8.23. The average molecular weight is 253 g/mol. The molecule has 1 saturated heterocycles. The fourth-order valence-electron chi connectivity index (χ4n) is 2.24. The van der Waals surface area contributed by atoms with Gasteiger partial charge in [0.05, 0.1) is 6.04 Å². The molecule has 0 amide bonds. The van der Waals surface area contributed by atoms with Gasteiger partial charge in [-0.25, -0.2) is 4.98 Å². The first-order valence-corrected chi connectivity index (χ1v) is 7.50. The number of thiazole rings is 1. The van der Waals surface area contributed by atoms with Crippen molar-refractivity contribution >= 4 is 11.3 Å². The van der Waals surface area contributed by atoms with E-state index in [1.54, 1.807) is 0 Å². The van der Waals surface area contributed by atoms with Crippen LogP contribution in [0, 0.1) is 5.92 Å². The molecule has 3 nitrogen and oxygen atoms in total. The largest absolute Gasteiger partial charge is 0.316 e. The van der Waals surface area contributed by atoms with Crippen LogP contribution in [0.1, 0.15) is 42.6 Å². The smallest absolute Gasteiger partial charge is 0.109 e. The minimum atomic E-state index is 0.398. The highest BCUT2D eigenvalue weighted by Gasteiger charge is 2.15. The summed E-state index contributed by atoms with van der Waals surface area (Å²) in [6.07, 6.45) is 5.73. The third kappa shape index (κ3) is 3.76. The number of aryl methyl sites for hydroxylation is 1. The molecule has 0 spiro atoms. The second-order valence-electron chi connectivity index (χ2n) is 4.84. The van der Waals surface area contributed by atoms with Gasteiger partial charge in [-0.3, -0.25) is 0 Å². The topological polar surface area (TPSA) is 37.0 Å². The van der Waals surface area contributed by atoms with Gasteiger partial charge in [-0.1, -0.05) is 6.92 Å². The molecule has 1 aromatic heterocycles. The van der Waals surface area contributed by atoms with Crippen LogP contribution in [0.2, 0.25) is 0 Å². The van der Waals surface area contributed by atoms with E-state index in [9.17, 15) is 0 Å². The molecule has 96 valence electrons. The van der Waals surface area contributed by atoms with Gasteiger partial charge in [0.2, 0.25) is 0 Å². The molecular weight excluding hydrogens is 230 g/mol. The van der Waals surface area contributed by atoms with E-state index in [0.717, 1.165) is 18.9 Å². The molecule has 2 unspecified atom stereocenters. The number of rotatable bonds is 6. The van der Waals surface area contributed by atoms with Crippen LogP contribution in [0.3, 0.4) is 0 Å². The summed E-state index contributed by atoms with van der Waals surface area (Å²) in [7, 11) is 0. The summed E-state index contributed by atoms with van der Waals surface area (Å²) < 4.78 is 0. The highest BCUT2D eigenvalue weighted by molar-refractivity contribution is 7.11. The highest BCUT2D eigenvalue weighted by atomic mass is 32.1. The quantitative estimate of drug-likeness (QED) is 0.817. The molecule has 4 heteroatoms. The lowest BCUT2D eigenvalue weighted by molar-refractivity contribution is 0.471. The van der Waals surface area contributed by atoms with E-state index in [4.69, 9.17) is 0 Å². The van der Waals surface area contributed by atoms with E-state index in [2.05, 4.69) is 29.5 Å². The van der Waals surface area contributed by atoms with Crippen LogP contribution < -0.4 is 10.6 Å². The van der Waals surface area contributed by atoms with Crippen molar-refractivity contribution in [2.45, 2.75) is 39.2 Å². The number of hydrogen-bond donors (Lipinski definition) is 2. The van der Waals surface area contributed by atoms with Crippen molar-refractivity contribution in [3.63, 3.8) is 0 Å². The van der Waals surface area contributed by atoms with Crippen LogP contribution in [-0.2, 0) is 6.42 Å². The Kier molecular flexibility index (Phi) is 4.95. The van der Waals surface area contributed by atoms with Gasteiger partial charge < -0.3 is 10.6 Å². The van der Waals surface area contributed by atoms with Gasteiger partial charge in [0.25, 0.3) is 0 Å². The van der Waals surface area contributed by atoms with Crippen molar-refractivity contribution in [2.24, 2.45) is 5.92 Å². The molecule has 1 aromatic rings. The lowest BCUT2D eigenvalue weighted by atomic mass is 10.1. The molecule has 2 rings (SSSR count). The van der Waals surface area contributed by atoms with Crippen LogP contribution in [-0.4, -0.2) is 24.6 Å². The number of aromatic nitrogens is 1. The zero-order valence-corrected chi connectivity index (χ0v) is 11.6. The molecule has 1 aliphatic heterocycles. The lowest BCUT2D eigenvalue weighted by Crippen LogP contribution is -2.22. The predicted octanol–water partition coefficient (Wildman–Crippen LogP) is 2.36. The second-order valence-corrected chi connectivity index (χ2v) is 5.99. The summed E-state index contributed by atoms with van der Waals surface area (Å²) in [6, 6.07) is 0.398. The first-order valence-electron chi connectivity index (χ1n) is 6.68. The first-order chi connectivity index (χ1) is 8.29. The van der Waals surface area contributed by atoms with Crippen molar-refractivity contribution in [3.8, 4) is 0 Å². The fraction of sp³-hybridized carbons (Fsp3) is 0.769. The van der Waals surface area contributed by atoms with E-state index in [1.807, 2.05) is 17.5 Å². The number of hydrogen-bond acceptors (Lipinski definition) is 4. The highest BCUT2D eigenvalue weighted by Crippen LogP contribution is 2.20. The predicted molar refractivity (Wildman–Crippen MR) is 73.5 cm³/mol. The molecule has 0 aliphatic carbocycles. The second kappa shape index (κ2) is 6.47. The van der Waals surface area contributed by atoms with E-state index in [0.29, 0.717) is 6.04 Å². The molecule has 2 atom stereocenters. The van der Waals surface area contributed by atoms with E-state index in [1.165, 1.54) is 35.8 Å². The summed E-state index contributed by atoms with van der Waals surface area (Å²) in [5.41, 5.74) is 0. The first kappa shape index (κ1) is 13.0. The number of nitrogens with one attached hydrogen (secondary N) is 2. The minimum absolute atomic E-state index is 0.398. The van der Waals surface area contributed by atoms with E-state index >= 15 is 0 Å². The van der Waals surface area contributed by atoms with Crippen LogP contribution in [0.5, 0.6) is 0 Å². The van der Waals surface area contributed by atoms with Gasteiger partial charge in [0, 0.05) is 11.1 Å². The van der Waals surface area contributed by atoms with Crippen molar-refractivity contribution in [1.29, 1.82) is 0 Å². The van der Waals surface area contributed by atoms with Crippen molar-refractivity contribution < 1.29 is 0 Å². The molecule has 1 aliphatic rings. The zero-order chi connectivity index (χ0) is 12.1. The maximum Gasteiger partial charge on any atom is 0.109 e. The Hall–Kier alpha value is -0.450. The number of nitrogens with zero attached hydrogens (tertiary/aromatic N) is 1. The van der Waals surface area contributed by atoms with E-state index in [-0.39, 0.29) is 0 Å². The van der Waals surface area contributed by atoms with Gasteiger partial charge in [0.15, 0.2) is 0 Å². The Balaban J connectivity index is 1.70. The molecule has 2 heterocycles. The maximum absolute atomic E-state index is 4.48. The minimum Gasteiger partial charge on any atom is -0.316 e. The molecule has 0 radical (unpaired) electrons. The zero-order valence-electron chi connectivity index (χ0n) is 10.8. The van der Waals surface area contributed by atoms with E-state index < -0.39 is 0 Å². The molecule has 2 N–H and O–H groups in total. The maximum atomic E-state index is 4.48. The Morgan fingerprint density at radius 1 is 1.65 bits per heavy atom. The van der Waals surface area contributed by atoms with Gasteiger partial charge in [-0.2, -0.15) is 0 Å². The van der Waals surface area contributed by atoms with Crippen molar-refractivity contribution in [1.82, 2.24) is 15.6 Å². The monoisotopic (exact) mass is 253 g/mol. The molecule has 0 aromatic carbocycles. The fourth-order valence-corrected chi connectivity index (χ4v) is 3.12. The summed E-state index contributed by atoms with van der Waals surface area (Å²) >= 11 is 1.84. The third-order valence-electron chi connectivity index (χ3n) is 3.46. The Morgan fingerprint density at radius 3 is 3.18 bits per heavy atom. The van der Waals surface area contributed by atoms with Crippen LogP contribution in [0.4, 0.5) is 0 Å². The van der Waals surface area contributed by atoms with Crippen molar-refractivity contribution in [3.05, 3.63) is 16.1 Å². The Bertz CT molecular complexity index is 331. The SMILES string of the molecule is CCc1cnc(C(C)NCCC2CCNC2)s1. The molecular formula is C13H23N3S. The summed E-state index contributed by atoms with van der Waals surface area (Å²) in [6.45, 7) is 7.90. The third-order valence-corrected chi connectivity index (χ3v) is 4.78. The van der Waals surface area contributed by atoms with Crippen LogP contribution in [0.25, 0.3) is 0 Å². The standard InChI is InChI=1S/C13H23N3S/c1-3-12-9-16-13(17-12)10(2)15-7-5-11-4-6-14-8-11/h9-11,14-15H,3-8H2,1-2H3. The molecule has 0 bridgehead atoms. The van der Waals surface area contributed by atoms with Crippen LogP contribution in [0.15, 0.2) is 6.20 Å². The molecule has 1 fully saturated rings. The summed E-state index contributed by atoms with van der Waals surface area (Å²) in [4.78, 5) is 5.86. The van der Waals surface area contributed by atoms with Crippen LogP contribution >= 0.6 is 11.3 Å². The molecule has 0 saturated carbocycles. The van der Waals surface area contributed by atoms with Gasteiger partial charge >= 0.3 is 0 Å². The normalized spacial score (nSPS) is 21.9.